The van der Waals surface area contributed by atoms with Crippen LogP contribution in [0.2, 0.25) is 0 Å². The normalized spacial score (nSPS) is 10.2. The van der Waals surface area contributed by atoms with Gasteiger partial charge in [0.2, 0.25) is 0 Å². The van der Waals surface area contributed by atoms with Gasteiger partial charge in [-0.1, -0.05) is 15.9 Å². The average Bonchev–Trinajstić information content (AvgIpc) is 1.97. The van der Waals surface area contributed by atoms with Crippen LogP contribution in [0.25, 0.3) is 0 Å². The quantitative estimate of drug-likeness (QED) is 0.660. The first kappa shape index (κ1) is 8.60. The minimum absolute atomic E-state index is 0.900. The minimum atomic E-state index is 0.900. The molecule has 0 spiro atoms. The van der Waals surface area contributed by atoms with Crippen molar-refractivity contribution in [3.63, 3.8) is 0 Å². The van der Waals surface area contributed by atoms with Crippen LogP contribution >= 0.6 is 15.9 Å². The summed E-state index contributed by atoms with van der Waals surface area (Å²) in [5, 5.41) is 0. The summed E-state index contributed by atoms with van der Waals surface area (Å²) in [7, 11) is 0. The molecule has 11 heavy (non-hydrogen) atoms. The Kier molecular flexibility index (Phi) is 2.23. The molecule has 1 aromatic carbocycles. The smallest absolute Gasteiger partial charge is 0.0387 e. The van der Waals surface area contributed by atoms with E-state index in [1.54, 1.807) is 0 Å². The lowest BCUT2D eigenvalue weighted by molar-refractivity contribution is 1.29. The SMILES string of the molecule is Cc1cc(Br)c(C)c(N)c1C. The lowest BCUT2D eigenvalue weighted by Crippen LogP contribution is -1.96. The Morgan fingerprint density at radius 3 is 2.27 bits per heavy atom. The third kappa shape index (κ3) is 1.41. The topological polar surface area (TPSA) is 26.0 Å². The first-order valence-corrected chi connectivity index (χ1v) is 4.35. The van der Waals surface area contributed by atoms with E-state index >= 15 is 0 Å². The van der Waals surface area contributed by atoms with Gasteiger partial charge in [0, 0.05) is 10.2 Å². The van der Waals surface area contributed by atoms with Crippen LogP contribution in [0.5, 0.6) is 0 Å². The van der Waals surface area contributed by atoms with Gasteiger partial charge in [0.05, 0.1) is 0 Å². The Balaban J connectivity index is 3.46. The molecule has 0 aliphatic rings. The zero-order valence-corrected chi connectivity index (χ0v) is 8.62. The molecule has 0 heterocycles. The highest BCUT2D eigenvalue weighted by Gasteiger charge is 2.04. The van der Waals surface area contributed by atoms with Gasteiger partial charge >= 0.3 is 0 Å². The first-order valence-electron chi connectivity index (χ1n) is 3.56. The molecule has 1 rings (SSSR count). The van der Waals surface area contributed by atoms with Crippen LogP contribution in [-0.2, 0) is 0 Å². The minimum Gasteiger partial charge on any atom is -0.398 e. The molecule has 2 heteroatoms. The molecule has 1 nitrogen and oxygen atoms in total. The molecule has 60 valence electrons. The Hall–Kier alpha value is -0.500. The molecular formula is C9H12BrN. The number of rotatable bonds is 0. The predicted molar refractivity (Wildman–Crippen MR) is 52.8 cm³/mol. The lowest BCUT2D eigenvalue weighted by atomic mass is 10.0. The highest BCUT2D eigenvalue weighted by Crippen LogP contribution is 2.27. The molecule has 0 radical (unpaired) electrons. The van der Waals surface area contributed by atoms with Crippen molar-refractivity contribution in [1.82, 2.24) is 0 Å². The summed E-state index contributed by atoms with van der Waals surface area (Å²) >= 11 is 3.45. The van der Waals surface area contributed by atoms with Gasteiger partial charge < -0.3 is 5.73 Å². The number of nitrogen functional groups attached to an aromatic ring is 1. The van der Waals surface area contributed by atoms with Crippen LogP contribution in [0, 0.1) is 20.8 Å². The summed E-state index contributed by atoms with van der Waals surface area (Å²) in [5.74, 6) is 0. The van der Waals surface area contributed by atoms with Gasteiger partial charge in [-0.25, -0.2) is 0 Å². The fourth-order valence-corrected chi connectivity index (χ4v) is 1.59. The molecule has 0 aliphatic carbocycles. The van der Waals surface area contributed by atoms with Gasteiger partial charge in [-0.15, -0.1) is 0 Å². The second kappa shape index (κ2) is 2.86. The van der Waals surface area contributed by atoms with Gasteiger partial charge in [0.1, 0.15) is 0 Å². The summed E-state index contributed by atoms with van der Waals surface area (Å²) < 4.78 is 1.10. The lowest BCUT2D eigenvalue weighted by Gasteiger charge is -2.09. The Bertz CT molecular complexity index is 266. The monoisotopic (exact) mass is 213 g/mol. The van der Waals surface area contributed by atoms with E-state index in [0.717, 1.165) is 15.7 Å². The molecule has 0 aliphatic heterocycles. The number of benzene rings is 1. The Morgan fingerprint density at radius 1 is 1.18 bits per heavy atom. The number of anilines is 1. The van der Waals surface area contributed by atoms with Crippen molar-refractivity contribution in [3.05, 3.63) is 27.2 Å². The molecule has 0 atom stereocenters. The van der Waals surface area contributed by atoms with Crippen molar-refractivity contribution >= 4 is 21.6 Å². The van der Waals surface area contributed by atoms with Crippen LogP contribution in [0.3, 0.4) is 0 Å². The van der Waals surface area contributed by atoms with Crippen molar-refractivity contribution in [3.8, 4) is 0 Å². The molecule has 0 saturated carbocycles. The second-order valence-corrected chi connectivity index (χ2v) is 3.69. The summed E-state index contributed by atoms with van der Waals surface area (Å²) in [4.78, 5) is 0. The number of hydrogen-bond acceptors (Lipinski definition) is 1. The molecule has 0 unspecified atom stereocenters. The van der Waals surface area contributed by atoms with Gasteiger partial charge in [0.25, 0.3) is 0 Å². The third-order valence-electron chi connectivity index (χ3n) is 2.10. The van der Waals surface area contributed by atoms with E-state index in [-0.39, 0.29) is 0 Å². The number of aryl methyl sites for hydroxylation is 1. The van der Waals surface area contributed by atoms with Gasteiger partial charge in [0.15, 0.2) is 0 Å². The number of halogens is 1. The predicted octanol–water partition coefficient (Wildman–Crippen LogP) is 2.96. The van der Waals surface area contributed by atoms with Crippen molar-refractivity contribution in [2.45, 2.75) is 20.8 Å². The molecule has 0 amide bonds. The van der Waals surface area contributed by atoms with Crippen LogP contribution < -0.4 is 5.73 Å². The van der Waals surface area contributed by atoms with Crippen LogP contribution in [0.15, 0.2) is 10.5 Å². The van der Waals surface area contributed by atoms with E-state index in [4.69, 9.17) is 5.73 Å². The van der Waals surface area contributed by atoms with Gasteiger partial charge in [-0.2, -0.15) is 0 Å². The van der Waals surface area contributed by atoms with Crippen molar-refractivity contribution in [2.24, 2.45) is 0 Å². The molecular weight excluding hydrogens is 202 g/mol. The molecule has 0 saturated heterocycles. The van der Waals surface area contributed by atoms with E-state index in [9.17, 15) is 0 Å². The number of nitrogens with two attached hydrogens (primary N) is 1. The molecule has 0 aromatic heterocycles. The Labute approximate surface area is 75.7 Å². The van der Waals surface area contributed by atoms with Crippen LogP contribution in [0.1, 0.15) is 16.7 Å². The highest BCUT2D eigenvalue weighted by atomic mass is 79.9. The number of hydrogen-bond donors (Lipinski definition) is 1. The zero-order valence-electron chi connectivity index (χ0n) is 7.03. The van der Waals surface area contributed by atoms with Gasteiger partial charge in [-0.3, -0.25) is 0 Å². The summed E-state index contributed by atoms with van der Waals surface area (Å²) in [5.41, 5.74) is 10.3. The van der Waals surface area contributed by atoms with Crippen molar-refractivity contribution < 1.29 is 0 Å². The average molecular weight is 214 g/mol. The fourth-order valence-electron chi connectivity index (χ4n) is 1.03. The molecule has 0 fully saturated rings. The summed E-state index contributed by atoms with van der Waals surface area (Å²) in [6.07, 6.45) is 0. The zero-order chi connectivity index (χ0) is 8.59. The largest absolute Gasteiger partial charge is 0.398 e. The molecule has 2 N–H and O–H groups in total. The second-order valence-electron chi connectivity index (χ2n) is 2.84. The highest BCUT2D eigenvalue weighted by molar-refractivity contribution is 9.10. The van der Waals surface area contributed by atoms with Crippen LogP contribution in [0.4, 0.5) is 5.69 Å². The summed E-state index contributed by atoms with van der Waals surface area (Å²) in [6.45, 7) is 6.13. The maximum absolute atomic E-state index is 5.85. The maximum atomic E-state index is 5.85. The van der Waals surface area contributed by atoms with E-state index in [2.05, 4.69) is 28.9 Å². The van der Waals surface area contributed by atoms with Gasteiger partial charge in [-0.05, 0) is 43.5 Å². The Morgan fingerprint density at radius 2 is 1.73 bits per heavy atom. The first-order chi connectivity index (χ1) is 5.04. The summed E-state index contributed by atoms with van der Waals surface area (Å²) in [6, 6.07) is 2.10. The van der Waals surface area contributed by atoms with E-state index in [0.29, 0.717) is 0 Å². The fraction of sp³-hybridized carbons (Fsp3) is 0.333. The third-order valence-corrected chi connectivity index (χ3v) is 2.92. The van der Waals surface area contributed by atoms with E-state index in [1.165, 1.54) is 11.1 Å². The maximum Gasteiger partial charge on any atom is 0.0387 e. The van der Waals surface area contributed by atoms with Crippen LogP contribution in [-0.4, -0.2) is 0 Å². The van der Waals surface area contributed by atoms with E-state index < -0.39 is 0 Å². The molecule has 0 bridgehead atoms. The van der Waals surface area contributed by atoms with Crippen molar-refractivity contribution in [1.29, 1.82) is 0 Å². The standard InChI is InChI=1S/C9H12BrN/c1-5-4-8(10)7(3)9(11)6(5)2/h4H,11H2,1-3H3. The molecule has 1 aromatic rings. The van der Waals surface area contributed by atoms with E-state index in [1.807, 2.05) is 13.8 Å². The van der Waals surface area contributed by atoms with Crippen molar-refractivity contribution in [2.75, 3.05) is 5.73 Å².